The lowest BCUT2D eigenvalue weighted by Gasteiger charge is -2.25. The Morgan fingerprint density at radius 1 is 1.54 bits per heavy atom. The molecule has 13 heavy (non-hydrogen) atoms. The van der Waals surface area contributed by atoms with E-state index in [1.807, 2.05) is 6.92 Å². The van der Waals surface area contributed by atoms with Crippen molar-refractivity contribution in [1.82, 2.24) is 4.90 Å². The van der Waals surface area contributed by atoms with Gasteiger partial charge in [0.05, 0.1) is 13.2 Å². The molecule has 3 nitrogen and oxygen atoms in total. The average molecular weight is 183 g/mol. The van der Waals surface area contributed by atoms with Gasteiger partial charge in [0.25, 0.3) is 0 Å². The van der Waals surface area contributed by atoms with E-state index in [4.69, 9.17) is 4.74 Å². The summed E-state index contributed by atoms with van der Waals surface area (Å²) < 4.78 is 4.93. The highest BCUT2D eigenvalue weighted by atomic mass is 16.5. The molecule has 74 valence electrons. The SMILES string of the molecule is CCOC(=O)CN1C[C@@H]2CC[C@@H]1C2. The van der Waals surface area contributed by atoms with Crippen molar-refractivity contribution in [1.29, 1.82) is 0 Å². The van der Waals surface area contributed by atoms with Crippen LogP contribution in [0, 0.1) is 5.92 Å². The number of esters is 1. The zero-order valence-electron chi connectivity index (χ0n) is 8.16. The fraction of sp³-hybridized carbons (Fsp3) is 0.900. The molecule has 0 N–H and O–H groups in total. The van der Waals surface area contributed by atoms with Crippen LogP contribution in [0.3, 0.4) is 0 Å². The van der Waals surface area contributed by atoms with Gasteiger partial charge in [-0.1, -0.05) is 0 Å². The molecule has 2 atom stereocenters. The second kappa shape index (κ2) is 3.66. The van der Waals surface area contributed by atoms with E-state index in [2.05, 4.69) is 4.90 Å². The molecular formula is C10H17NO2. The molecule has 0 unspecified atom stereocenters. The zero-order valence-corrected chi connectivity index (χ0v) is 8.16. The quantitative estimate of drug-likeness (QED) is 0.612. The lowest BCUT2D eigenvalue weighted by atomic mass is 10.1. The Bertz CT molecular complexity index is 205. The number of ether oxygens (including phenoxy) is 1. The smallest absolute Gasteiger partial charge is 0.320 e. The van der Waals surface area contributed by atoms with E-state index in [0.717, 1.165) is 12.5 Å². The number of fused-ring (bicyclic) bond motifs is 2. The fourth-order valence-electron chi connectivity index (χ4n) is 2.59. The molecule has 2 fully saturated rings. The van der Waals surface area contributed by atoms with E-state index in [9.17, 15) is 4.79 Å². The first-order valence-electron chi connectivity index (χ1n) is 5.19. The minimum Gasteiger partial charge on any atom is -0.465 e. The summed E-state index contributed by atoms with van der Waals surface area (Å²) >= 11 is 0. The van der Waals surface area contributed by atoms with Gasteiger partial charge in [-0.15, -0.1) is 0 Å². The van der Waals surface area contributed by atoms with Crippen LogP contribution in [0.25, 0.3) is 0 Å². The number of hydrogen-bond acceptors (Lipinski definition) is 3. The molecule has 0 amide bonds. The third-order valence-electron chi connectivity index (χ3n) is 3.16. The molecule has 1 saturated heterocycles. The molecule has 2 rings (SSSR count). The summed E-state index contributed by atoms with van der Waals surface area (Å²) in [6, 6.07) is 0.675. The number of carbonyl (C=O) groups is 1. The number of carbonyl (C=O) groups excluding carboxylic acids is 1. The molecule has 2 bridgehead atoms. The van der Waals surface area contributed by atoms with Crippen molar-refractivity contribution in [3.05, 3.63) is 0 Å². The number of rotatable bonds is 3. The molecule has 1 heterocycles. The van der Waals surface area contributed by atoms with Gasteiger partial charge in [0.1, 0.15) is 0 Å². The predicted octanol–water partition coefficient (Wildman–Crippen LogP) is 1.03. The Morgan fingerprint density at radius 3 is 2.92 bits per heavy atom. The van der Waals surface area contributed by atoms with Crippen molar-refractivity contribution in [2.24, 2.45) is 5.92 Å². The summed E-state index contributed by atoms with van der Waals surface area (Å²) in [4.78, 5) is 13.5. The van der Waals surface area contributed by atoms with Gasteiger partial charge in [-0.25, -0.2) is 0 Å². The van der Waals surface area contributed by atoms with E-state index in [-0.39, 0.29) is 5.97 Å². The van der Waals surface area contributed by atoms with Crippen molar-refractivity contribution in [2.45, 2.75) is 32.2 Å². The van der Waals surface area contributed by atoms with Gasteiger partial charge in [0.2, 0.25) is 0 Å². The van der Waals surface area contributed by atoms with Gasteiger partial charge >= 0.3 is 5.97 Å². The second-order valence-electron chi connectivity index (χ2n) is 4.07. The molecular weight excluding hydrogens is 166 g/mol. The summed E-state index contributed by atoms with van der Waals surface area (Å²) in [6.07, 6.45) is 3.95. The van der Waals surface area contributed by atoms with Crippen LogP contribution in [-0.4, -0.2) is 36.6 Å². The Morgan fingerprint density at radius 2 is 2.38 bits per heavy atom. The lowest BCUT2D eigenvalue weighted by Crippen LogP contribution is -2.37. The molecule has 0 aromatic rings. The summed E-state index contributed by atoms with van der Waals surface area (Å²) in [5.41, 5.74) is 0. The van der Waals surface area contributed by atoms with E-state index in [0.29, 0.717) is 19.2 Å². The van der Waals surface area contributed by atoms with Gasteiger partial charge in [0.15, 0.2) is 0 Å². The minimum atomic E-state index is -0.0601. The van der Waals surface area contributed by atoms with Crippen molar-refractivity contribution in [2.75, 3.05) is 19.7 Å². The molecule has 3 heteroatoms. The molecule has 1 saturated carbocycles. The largest absolute Gasteiger partial charge is 0.465 e. The van der Waals surface area contributed by atoms with Crippen LogP contribution in [-0.2, 0) is 9.53 Å². The van der Waals surface area contributed by atoms with E-state index >= 15 is 0 Å². The summed E-state index contributed by atoms with van der Waals surface area (Å²) in [5, 5.41) is 0. The van der Waals surface area contributed by atoms with Gasteiger partial charge in [0, 0.05) is 12.6 Å². The predicted molar refractivity (Wildman–Crippen MR) is 49.3 cm³/mol. The maximum absolute atomic E-state index is 11.2. The van der Waals surface area contributed by atoms with Crippen molar-refractivity contribution < 1.29 is 9.53 Å². The summed E-state index contributed by atoms with van der Waals surface area (Å²) in [5.74, 6) is 0.800. The van der Waals surface area contributed by atoms with Crippen molar-refractivity contribution >= 4 is 5.97 Å². The zero-order chi connectivity index (χ0) is 9.26. The van der Waals surface area contributed by atoms with Crippen molar-refractivity contribution in [3.63, 3.8) is 0 Å². The highest BCUT2D eigenvalue weighted by Gasteiger charge is 2.38. The van der Waals surface area contributed by atoms with Crippen LogP contribution in [0.2, 0.25) is 0 Å². The fourth-order valence-corrected chi connectivity index (χ4v) is 2.59. The molecule has 1 aliphatic carbocycles. The molecule has 0 radical (unpaired) electrons. The van der Waals surface area contributed by atoms with Crippen LogP contribution in [0.4, 0.5) is 0 Å². The molecule has 1 aliphatic heterocycles. The maximum atomic E-state index is 11.2. The first-order chi connectivity index (χ1) is 6.29. The standard InChI is InChI=1S/C10H17NO2/c1-2-13-10(12)7-11-6-8-3-4-9(11)5-8/h8-9H,2-7H2,1H3/t8-,9-/m1/s1. The van der Waals surface area contributed by atoms with Gasteiger partial charge < -0.3 is 4.74 Å². The van der Waals surface area contributed by atoms with Crippen LogP contribution in [0.15, 0.2) is 0 Å². The summed E-state index contributed by atoms with van der Waals surface area (Å²) in [7, 11) is 0. The van der Waals surface area contributed by atoms with Crippen LogP contribution in [0.5, 0.6) is 0 Å². The molecule has 0 spiro atoms. The maximum Gasteiger partial charge on any atom is 0.320 e. The molecule has 2 aliphatic rings. The normalized spacial score (nSPS) is 32.4. The van der Waals surface area contributed by atoms with E-state index in [1.54, 1.807) is 0 Å². The van der Waals surface area contributed by atoms with Gasteiger partial charge in [-0.05, 0) is 32.1 Å². The monoisotopic (exact) mass is 183 g/mol. The Hall–Kier alpha value is -0.570. The van der Waals surface area contributed by atoms with Crippen LogP contribution in [0.1, 0.15) is 26.2 Å². The number of nitrogens with zero attached hydrogens (tertiary/aromatic N) is 1. The van der Waals surface area contributed by atoms with Crippen LogP contribution < -0.4 is 0 Å². The highest BCUT2D eigenvalue weighted by Crippen LogP contribution is 2.36. The lowest BCUT2D eigenvalue weighted by molar-refractivity contribution is -0.144. The Balaban J connectivity index is 1.79. The minimum absolute atomic E-state index is 0.0601. The topological polar surface area (TPSA) is 29.5 Å². The third kappa shape index (κ3) is 1.85. The first kappa shape index (κ1) is 9.00. The van der Waals surface area contributed by atoms with Crippen LogP contribution >= 0.6 is 0 Å². The third-order valence-corrected chi connectivity index (χ3v) is 3.16. The second-order valence-corrected chi connectivity index (χ2v) is 4.07. The van der Waals surface area contributed by atoms with Gasteiger partial charge in [-0.2, -0.15) is 0 Å². The summed E-state index contributed by atoms with van der Waals surface area (Å²) in [6.45, 7) is 3.98. The number of hydrogen-bond donors (Lipinski definition) is 0. The highest BCUT2D eigenvalue weighted by molar-refractivity contribution is 5.71. The van der Waals surface area contributed by atoms with E-state index < -0.39 is 0 Å². The average Bonchev–Trinajstić information content (AvgIpc) is 2.65. The number of piperidine rings is 1. The molecule has 0 aromatic carbocycles. The number of likely N-dealkylation sites (tertiary alicyclic amines) is 1. The Kier molecular flexibility index (Phi) is 2.54. The first-order valence-corrected chi connectivity index (χ1v) is 5.19. The van der Waals surface area contributed by atoms with Gasteiger partial charge in [-0.3, -0.25) is 9.69 Å². The molecule has 0 aromatic heterocycles. The van der Waals surface area contributed by atoms with Crippen molar-refractivity contribution in [3.8, 4) is 0 Å². The Labute approximate surface area is 79.0 Å². The van der Waals surface area contributed by atoms with E-state index in [1.165, 1.54) is 19.3 Å².